The minimum atomic E-state index is -0.640. The lowest BCUT2D eigenvalue weighted by Crippen LogP contribution is -2.40. The van der Waals surface area contributed by atoms with E-state index in [4.69, 9.17) is 9.72 Å². The van der Waals surface area contributed by atoms with Crippen molar-refractivity contribution in [1.82, 2.24) is 20.2 Å². The fourth-order valence-electron chi connectivity index (χ4n) is 5.06. The zero-order valence-corrected chi connectivity index (χ0v) is 23.0. The first-order chi connectivity index (χ1) is 19.3. The van der Waals surface area contributed by atoms with Crippen LogP contribution in [0.15, 0.2) is 30.3 Å². The van der Waals surface area contributed by atoms with Crippen molar-refractivity contribution in [3.05, 3.63) is 52.8 Å². The van der Waals surface area contributed by atoms with Crippen LogP contribution in [-0.4, -0.2) is 74.6 Å². The maximum atomic E-state index is 14.6. The molecule has 1 aromatic heterocycles. The highest BCUT2D eigenvalue weighted by Crippen LogP contribution is 2.39. The fourth-order valence-corrected chi connectivity index (χ4v) is 5.06. The van der Waals surface area contributed by atoms with Crippen molar-refractivity contribution in [3.8, 4) is 5.75 Å². The highest BCUT2D eigenvalue weighted by Gasteiger charge is 2.26. The van der Waals surface area contributed by atoms with Gasteiger partial charge in [-0.3, -0.25) is 9.59 Å². The van der Waals surface area contributed by atoms with Crippen LogP contribution in [0.2, 0.25) is 0 Å². The van der Waals surface area contributed by atoms with Crippen molar-refractivity contribution in [2.75, 3.05) is 68.7 Å². The fraction of sp³-hybridized carbons (Fsp3) is 0.357. The van der Waals surface area contributed by atoms with E-state index < -0.39 is 11.7 Å². The number of fused-ring (bicyclic) bond motifs is 2. The number of amides is 2. The molecule has 12 heteroatoms. The molecule has 0 saturated carbocycles. The molecule has 2 aliphatic rings. The Balaban J connectivity index is 1.52. The van der Waals surface area contributed by atoms with E-state index in [1.165, 1.54) is 19.2 Å². The number of hydrogen-bond acceptors (Lipinski definition) is 9. The third-order valence-corrected chi connectivity index (χ3v) is 6.91. The van der Waals surface area contributed by atoms with E-state index in [0.29, 0.717) is 54.8 Å². The summed E-state index contributed by atoms with van der Waals surface area (Å²) in [5.41, 5.74) is 3.49. The van der Waals surface area contributed by atoms with Gasteiger partial charge in [0.25, 0.3) is 5.91 Å². The average molecular weight is 549 g/mol. The first-order valence-electron chi connectivity index (χ1n) is 13.1. The Bertz CT molecular complexity index is 1460. The number of nitrogens with one attached hydrogen (secondary N) is 4. The second-order valence-electron chi connectivity index (χ2n) is 9.96. The summed E-state index contributed by atoms with van der Waals surface area (Å²) in [6.45, 7) is 1.61. The molecule has 2 aliphatic heterocycles. The van der Waals surface area contributed by atoms with Crippen LogP contribution in [0.3, 0.4) is 0 Å². The van der Waals surface area contributed by atoms with E-state index in [1.54, 1.807) is 13.2 Å². The van der Waals surface area contributed by atoms with Gasteiger partial charge in [-0.1, -0.05) is 6.07 Å². The Morgan fingerprint density at radius 2 is 1.98 bits per heavy atom. The molecule has 3 aromatic rings. The van der Waals surface area contributed by atoms with Gasteiger partial charge < -0.3 is 35.8 Å². The van der Waals surface area contributed by atoms with Gasteiger partial charge in [0.05, 0.1) is 30.6 Å². The first-order valence-corrected chi connectivity index (χ1v) is 13.1. The quantitative estimate of drug-likeness (QED) is 0.336. The number of carbonyl (C=O) groups is 2. The van der Waals surface area contributed by atoms with E-state index >= 15 is 0 Å². The van der Waals surface area contributed by atoms with Crippen molar-refractivity contribution in [1.29, 1.82) is 0 Å². The number of hydrogen-bond donors (Lipinski definition) is 4. The van der Waals surface area contributed by atoms with E-state index in [0.717, 1.165) is 29.7 Å². The van der Waals surface area contributed by atoms with Crippen molar-refractivity contribution < 1.29 is 18.7 Å². The van der Waals surface area contributed by atoms with Gasteiger partial charge >= 0.3 is 0 Å². The van der Waals surface area contributed by atoms with Gasteiger partial charge in [0.1, 0.15) is 23.2 Å². The number of anilines is 6. The zero-order chi connectivity index (χ0) is 28.4. The molecule has 2 amide bonds. The molecule has 11 nitrogen and oxygen atoms in total. The van der Waals surface area contributed by atoms with Crippen LogP contribution in [0.25, 0.3) is 0 Å². The summed E-state index contributed by atoms with van der Waals surface area (Å²) in [6.07, 6.45) is 2.37. The molecule has 3 heterocycles. The molecule has 0 bridgehead atoms. The third kappa shape index (κ3) is 5.34. The van der Waals surface area contributed by atoms with Crippen molar-refractivity contribution in [3.63, 3.8) is 0 Å². The molecule has 5 rings (SSSR count). The molecule has 4 N–H and O–H groups in total. The van der Waals surface area contributed by atoms with E-state index in [1.807, 2.05) is 36.0 Å². The number of ether oxygens (including phenoxy) is 1. The molecule has 0 spiro atoms. The Labute approximate surface area is 232 Å². The number of nitrogens with zero attached hydrogens (tertiary/aromatic N) is 4. The Morgan fingerprint density at radius 3 is 2.73 bits per heavy atom. The molecular formula is C28H33FN8O3. The second-order valence-corrected chi connectivity index (χ2v) is 9.96. The van der Waals surface area contributed by atoms with Crippen LogP contribution in [0, 0.1) is 5.82 Å². The lowest BCUT2D eigenvalue weighted by Gasteiger charge is -2.31. The van der Waals surface area contributed by atoms with Crippen LogP contribution in [-0.2, 0) is 17.6 Å². The van der Waals surface area contributed by atoms with Gasteiger partial charge in [0.15, 0.2) is 0 Å². The first kappa shape index (κ1) is 27.1. The minimum absolute atomic E-state index is 0.0218. The number of methoxy groups -OCH3 is 1. The van der Waals surface area contributed by atoms with Crippen LogP contribution >= 0.6 is 0 Å². The van der Waals surface area contributed by atoms with Gasteiger partial charge in [-0.05, 0) is 63.2 Å². The number of rotatable bonds is 8. The number of likely N-dealkylation sites (N-methyl/N-ethyl adjacent to an activating group) is 1. The molecule has 0 unspecified atom stereocenters. The van der Waals surface area contributed by atoms with Gasteiger partial charge in [-0.2, -0.15) is 9.97 Å². The molecule has 2 aromatic carbocycles. The van der Waals surface area contributed by atoms with Crippen molar-refractivity contribution in [2.45, 2.75) is 19.3 Å². The summed E-state index contributed by atoms with van der Waals surface area (Å²) < 4.78 is 20.3. The predicted octanol–water partition coefficient (Wildman–Crippen LogP) is 3.28. The minimum Gasteiger partial charge on any atom is -0.495 e. The second kappa shape index (κ2) is 11.3. The molecule has 0 saturated heterocycles. The number of aryl methyl sites for hydroxylation is 1. The van der Waals surface area contributed by atoms with E-state index in [-0.39, 0.29) is 17.4 Å². The molecule has 0 aliphatic carbocycles. The van der Waals surface area contributed by atoms with Crippen molar-refractivity contribution >= 4 is 46.5 Å². The largest absolute Gasteiger partial charge is 0.495 e. The maximum Gasteiger partial charge on any atom is 0.256 e. The van der Waals surface area contributed by atoms with Gasteiger partial charge in [-0.25, -0.2) is 4.39 Å². The lowest BCUT2D eigenvalue weighted by molar-refractivity contribution is -0.119. The van der Waals surface area contributed by atoms with Crippen molar-refractivity contribution in [2.24, 2.45) is 0 Å². The summed E-state index contributed by atoms with van der Waals surface area (Å²) in [4.78, 5) is 38.4. The van der Waals surface area contributed by atoms with Gasteiger partial charge in [0.2, 0.25) is 11.9 Å². The highest BCUT2D eigenvalue weighted by atomic mass is 19.1. The molecule has 40 heavy (non-hydrogen) atoms. The topological polar surface area (TPSA) is 124 Å². The molecule has 210 valence electrons. The normalized spacial score (nSPS) is 13.8. The predicted molar refractivity (Wildman–Crippen MR) is 153 cm³/mol. The summed E-state index contributed by atoms with van der Waals surface area (Å²) >= 11 is 0. The molecular weight excluding hydrogens is 515 g/mol. The Morgan fingerprint density at radius 1 is 1.15 bits per heavy atom. The Hall–Kier alpha value is -4.45. The lowest BCUT2D eigenvalue weighted by atomic mass is 10.00. The number of benzene rings is 2. The third-order valence-electron chi connectivity index (χ3n) is 6.91. The standard InChI is InChI=1S/C28H33FN8O3/c1-30-27(39)24-18(29)8-5-9-19(24)32-26-17-10-11-31-25(17)34-28(35-26)33-20-14-21-16(13-22(20)40-4)7-6-12-37(21)23(38)15-36(2)3/h5,8-9,13-14H,6-7,10-12,15H2,1-4H3,(H,30,39)(H3,31,32,33,34,35). The summed E-state index contributed by atoms with van der Waals surface area (Å²) in [6, 6.07) is 8.24. The molecule has 0 radical (unpaired) electrons. The van der Waals surface area contributed by atoms with Crippen LogP contribution in [0.5, 0.6) is 5.75 Å². The summed E-state index contributed by atoms with van der Waals surface area (Å²) in [7, 11) is 6.78. The molecule has 0 atom stereocenters. The van der Waals surface area contributed by atoms with Gasteiger partial charge in [-0.15, -0.1) is 0 Å². The highest BCUT2D eigenvalue weighted by molar-refractivity contribution is 6.00. The maximum absolute atomic E-state index is 14.6. The van der Waals surface area contributed by atoms with E-state index in [2.05, 4.69) is 26.3 Å². The van der Waals surface area contributed by atoms with Crippen LogP contribution in [0.4, 0.5) is 39.0 Å². The number of carbonyl (C=O) groups excluding carboxylic acids is 2. The zero-order valence-electron chi connectivity index (χ0n) is 23.0. The summed E-state index contributed by atoms with van der Waals surface area (Å²) in [5, 5.41) is 12.2. The van der Waals surface area contributed by atoms with Gasteiger partial charge in [0, 0.05) is 31.4 Å². The van der Waals surface area contributed by atoms with Crippen LogP contribution in [0.1, 0.15) is 27.9 Å². The summed E-state index contributed by atoms with van der Waals surface area (Å²) in [5.74, 6) is 0.792. The average Bonchev–Trinajstić information content (AvgIpc) is 3.41. The SMILES string of the molecule is CNC(=O)c1c(F)cccc1Nc1nc(Nc2cc3c(cc2OC)CCCN3C(=O)CN(C)C)nc2c1CCN2. The monoisotopic (exact) mass is 548 g/mol. The Kier molecular flexibility index (Phi) is 7.69. The van der Waals surface area contributed by atoms with E-state index in [9.17, 15) is 14.0 Å². The number of halogens is 1. The molecule has 0 fully saturated rings. The smallest absolute Gasteiger partial charge is 0.256 e. The number of aromatic nitrogens is 2. The van der Waals surface area contributed by atoms with Crippen LogP contribution < -0.4 is 30.9 Å².